The largest absolute Gasteiger partial charge is 0.496 e. The van der Waals surface area contributed by atoms with E-state index in [0.29, 0.717) is 32.1 Å². The molecule has 0 N–H and O–H groups in total. The highest BCUT2D eigenvalue weighted by Crippen LogP contribution is 2.42. The first-order valence-electron chi connectivity index (χ1n) is 7.66. The Morgan fingerprint density at radius 1 is 1.33 bits per heavy atom. The minimum atomic E-state index is -0.703. The lowest BCUT2D eigenvalue weighted by Gasteiger charge is -2.24. The van der Waals surface area contributed by atoms with Gasteiger partial charge in [0.1, 0.15) is 11.2 Å². The Balaban J connectivity index is 0.00000208. The van der Waals surface area contributed by atoms with Gasteiger partial charge in [-0.05, 0) is 6.07 Å². The van der Waals surface area contributed by atoms with E-state index in [4.69, 9.17) is 14.2 Å². The summed E-state index contributed by atoms with van der Waals surface area (Å²) >= 11 is 0. The summed E-state index contributed by atoms with van der Waals surface area (Å²) in [6.07, 6.45) is 0.259. The van der Waals surface area contributed by atoms with Crippen LogP contribution in [-0.2, 0) is 25.5 Å². The molecule has 132 valence electrons. The summed E-state index contributed by atoms with van der Waals surface area (Å²) in [5, 5.41) is 0. The second-order valence-electron chi connectivity index (χ2n) is 6.12. The van der Waals surface area contributed by atoms with Crippen molar-refractivity contribution >= 4 is 24.3 Å². The number of para-hydroxylation sites is 1. The minimum Gasteiger partial charge on any atom is -0.496 e. The SMILES string of the molecule is COC(=O)[C@@]12COC[C@@H]1CN(C(=O)Cc1ccccc1OC)C2.Cl. The predicted octanol–water partition coefficient (Wildman–Crippen LogP) is 1.31. The molecule has 2 aliphatic heterocycles. The van der Waals surface area contributed by atoms with Crippen molar-refractivity contribution in [1.82, 2.24) is 4.90 Å². The van der Waals surface area contributed by atoms with E-state index < -0.39 is 5.41 Å². The molecule has 0 radical (unpaired) electrons. The molecule has 2 atom stereocenters. The summed E-state index contributed by atoms with van der Waals surface area (Å²) < 4.78 is 15.7. The molecular weight excluding hydrogens is 334 g/mol. The number of hydrogen-bond acceptors (Lipinski definition) is 5. The van der Waals surface area contributed by atoms with Crippen molar-refractivity contribution in [2.45, 2.75) is 6.42 Å². The van der Waals surface area contributed by atoms with E-state index in [9.17, 15) is 9.59 Å². The first-order valence-corrected chi connectivity index (χ1v) is 7.66. The second-order valence-corrected chi connectivity index (χ2v) is 6.12. The number of ether oxygens (including phenoxy) is 3. The molecule has 0 spiro atoms. The molecule has 7 heteroatoms. The molecular formula is C17H22ClNO5. The summed E-state index contributed by atoms with van der Waals surface area (Å²) in [5.41, 5.74) is 0.144. The molecule has 0 saturated carbocycles. The maximum absolute atomic E-state index is 12.6. The van der Waals surface area contributed by atoms with Crippen LogP contribution in [0.25, 0.3) is 0 Å². The Kier molecular flexibility index (Phi) is 5.72. The van der Waals surface area contributed by atoms with Crippen molar-refractivity contribution < 1.29 is 23.8 Å². The van der Waals surface area contributed by atoms with Gasteiger partial charge in [0.15, 0.2) is 0 Å². The maximum Gasteiger partial charge on any atom is 0.316 e. The molecule has 2 saturated heterocycles. The standard InChI is InChI=1S/C17H21NO5.ClH/c1-21-14-6-4-3-5-12(14)7-15(19)18-8-13-9-23-11-17(13,10-18)16(20)22-2;/h3-6,13H,7-11H2,1-2H3;1H/t13-,17-;/m0./s1. The zero-order valence-corrected chi connectivity index (χ0v) is 14.6. The predicted molar refractivity (Wildman–Crippen MR) is 89.3 cm³/mol. The van der Waals surface area contributed by atoms with Crippen molar-refractivity contribution in [3.05, 3.63) is 29.8 Å². The number of hydrogen-bond donors (Lipinski definition) is 0. The average molecular weight is 356 g/mol. The number of benzene rings is 1. The highest BCUT2D eigenvalue weighted by Gasteiger charge is 2.57. The van der Waals surface area contributed by atoms with Crippen LogP contribution in [0.3, 0.4) is 0 Å². The molecule has 2 heterocycles. The number of fused-ring (bicyclic) bond motifs is 1. The molecule has 1 aromatic carbocycles. The number of esters is 1. The third-order valence-electron chi connectivity index (χ3n) is 4.85. The van der Waals surface area contributed by atoms with Gasteiger partial charge in [-0.2, -0.15) is 0 Å². The molecule has 6 nitrogen and oxygen atoms in total. The van der Waals surface area contributed by atoms with Crippen molar-refractivity contribution in [3.63, 3.8) is 0 Å². The Bertz CT molecular complexity index is 623. The zero-order valence-electron chi connectivity index (χ0n) is 13.8. The van der Waals surface area contributed by atoms with Gasteiger partial charge in [-0.1, -0.05) is 18.2 Å². The van der Waals surface area contributed by atoms with Gasteiger partial charge in [0, 0.05) is 24.6 Å². The normalized spacial score (nSPS) is 24.9. The van der Waals surface area contributed by atoms with Gasteiger partial charge in [0.25, 0.3) is 0 Å². The van der Waals surface area contributed by atoms with Crippen LogP contribution in [0.5, 0.6) is 5.75 Å². The van der Waals surface area contributed by atoms with E-state index in [1.165, 1.54) is 7.11 Å². The van der Waals surface area contributed by atoms with Crippen LogP contribution in [0.2, 0.25) is 0 Å². The first kappa shape index (κ1) is 18.5. The van der Waals surface area contributed by atoms with Crippen LogP contribution in [0.15, 0.2) is 24.3 Å². The molecule has 1 amide bonds. The summed E-state index contributed by atoms with van der Waals surface area (Å²) in [5.74, 6) is 0.419. The van der Waals surface area contributed by atoms with E-state index in [1.807, 2.05) is 24.3 Å². The Labute approximate surface area is 147 Å². The summed E-state index contributed by atoms with van der Waals surface area (Å²) in [7, 11) is 2.97. The van der Waals surface area contributed by atoms with Crippen molar-refractivity contribution in [1.29, 1.82) is 0 Å². The fourth-order valence-corrected chi connectivity index (χ4v) is 3.54. The highest BCUT2D eigenvalue weighted by molar-refractivity contribution is 5.85. The molecule has 0 bridgehead atoms. The fourth-order valence-electron chi connectivity index (χ4n) is 3.54. The summed E-state index contributed by atoms with van der Waals surface area (Å²) in [4.78, 5) is 26.6. The lowest BCUT2D eigenvalue weighted by Crippen LogP contribution is -2.41. The van der Waals surface area contributed by atoms with Crippen LogP contribution < -0.4 is 4.74 Å². The number of rotatable bonds is 4. The van der Waals surface area contributed by atoms with Gasteiger partial charge in [0.05, 0.1) is 33.9 Å². The Hall–Kier alpha value is -1.79. The Morgan fingerprint density at radius 2 is 2.08 bits per heavy atom. The highest BCUT2D eigenvalue weighted by atomic mass is 35.5. The number of methoxy groups -OCH3 is 2. The van der Waals surface area contributed by atoms with E-state index in [1.54, 1.807) is 12.0 Å². The van der Waals surface area contributed by atoms with Gasteiger partial charge in [0.2, 0.25) is 5.91 Å². The second kappa shape index (κ2) is 7.40. The number of halogens is 1. The number of carbonyl (C=O) groups excluding carboxylic acids is 2. The van der Waals surface area contributed by atoms with Gasteiger partial charge < -0.3 is 19.1 Å². The van der Waals surface area contributed by atoms with Crippen molar-refractivity contribution in [3.8, 4) is 5.75 Å². The number of nitrogens with zero attached hydrogens (tertiary/aromatic N) is 1. The molecule has 0 aliphatic carbocycles. The third-order valence-corrected chi connectivity index (χ3v) is 4.85. The van der Waals surface area contributed by atoms with E-state index in [2.05, 4.69) is 0 Å². The lowest BCUT2D eigenvalue weighted by molar-refractivity contribution is -0.153. The monoisotopic (exact) mass is 355 g/mol. The summed E-state index contributed by atoms with van der Waals surface area (Å²) in [6, 6.07) is 7.47. The van der Waals surface area contributed by atoms with Crippen LogP contribution >= 0.6 is 12.4 Å². The molecule has 2 aliphatic rings. The molecule has 24 heavy (non-hydrogen) atoms. The lowest BCUT2D eigenvalue weighted by atomic mass is 9.81. The molecule has 0 unspecified atom stereocenters. The van der Waals surface area contributed by atoms with E-state index >= 15 is 0 Å². The minimum absolute atomic E-state index is 0. The van der Waals surface area contributed by atoms with Gasteiger partial charge in [-0.15, -0.1) is 12.4 Å². The first-order chi connectivity index (χ1) is 11.1. The molecule has 2 fully saturated rings. The van der Waals surface area contributed by atoms with Crippen LogP contribution in [0.4, 0.5) is 0 Å². The van der Waals surface area contributed by atoms with E-state index in [0.717, 1.165) is 5.56 Å². The van der Waals surface area contributed by atoms with Gasteiger partial charge >= 0.3 is 5.97 Å². The van der Waals surface area contributed by atoms with Crippen LogP contribution in [-0.4, -0.2) is 57.3 Å². The van der Waals surface area contributed by atoms with E-state index in [-0.39, 0.29) is 36.6 Å². The molecule has 3 rings (SSSR count). The molecule has 0 aromatic heterocycles. The maximum atomic E-state index is 12.6. The number of carbonyl (C=O) groups is 2. The Morgan fingerprint density at radius 3 is 2.79 bits per heavy atom. The van der Waals surface area contributed by atoms with Crippen molar-refractivity contribution in [2.75, 3.05) is 40.5 Å². The van der Waals surface area contributed by atoms with Gasteiger partial charge in [-0.25, -0.2) is 0 Å². The number of likely N-dealkylation sites (tertiary alicyclic amines) is 1. The quantitative estimate of drug-likeness (QED) is 0.762. The topological polar surface area (TPSA) is 65.1 Å². The van der Waals surface area contributed by atoms with Crippen LogP contribution in [0, 0.1) is 11.3 Å². The van der Waals surface area contributed by atoms with Crippen LogP contribution in [0.1, 0.15) is 5.56 Å². The smallest absolute Gasteiger partial charge is 0.316 e. The van der Waals surface area contributed by atoms with Crippen molar-refractivity contribution in [2.24, 2.45) is 11.3 Å². The average Bonchev–Trinajstić information content (AvgIpc) is 3.12. The fraction of sp³-hybridized carbons (Fsp3) is 0.529. The number of amides is 1. The summed E-state index contributed by atoms with van der Waals surface area (Å²) in [6.45, 7) is 1.71. The zero-order chi connectivity index (χ0) is 16.4. The third kappa shape index (κ3) is 3.08. The van der Waals surface area contributed by atoms with Gasteiger partial charge in [-0.3, -0.25) is 9.59 Å². The molecule has 1 aromatic rings.